The first kappa shape index (κ1) is 8.42. The molecular formula is C14H11N. The molecule has 72 valence electrons. The highest BCUT2D eigenvalue weighted by Gasteiger charge is 2.16. The molecule has 1 heteroatoms. The predicted molar refractivity (Wildman–Crippen MR) is 62.6 cm³/mol. The molecule has 0 saturated carbocycles. The number of fused-ring (bicyclic) bond motifs is 3. The summed E-state index contributed by atoms with van der Waals surface area (Å²) in [6, 6.07) is 8.34. The summed E-state index contributed by atoms with van der Waals surface area (Å²) in [5.41, 5.74) is 5.10. The van der Waals surface area contributed by atoms with Crippen molar-refractivity contribution in [2.75, 3.05) is 0 Å². The molecule has 0 spiro atoms. The van der Waals surface area contributed by atoms with Crippen molar-refractivity contribution in [3.63, 3.8) is 0 Å². The van der Waals surface area contributed by atoms with Crippen molar-refractivity contribution in [2.24, 2.45) is 0 Å². The van der Waals surface area contributed by atoms with Gasteiger partial charge < -0.3 is 0 Å². The SMILES string of the molecule is C=c1cccc2c1=C(C)c1cnccc1-2. The van der Waals surface area contributed by atoms with Gasteiger partial charge in [-0.05, 0) is 40.1 Å². The molecule has 0 radical (unpaired) electrons. The van der Waals surface area contributed by atoms with Gasteiger partial charge in [-0.3, -0.25) is 4.98 Å². The van der Waals surface area contributed by atoms with E-state index in [1.165, 1.54) is 27.5 Å². The van der Waals surface area contributed by atoms with Crippen LogP contribution in [0.5, 0.6) is 0 Å². The maximum atomic E-state index is 4.18. The lowest BCUT2D eigenvalue weighted by Crippen LogP contribution is -2.24. The van der Waals surface area contributed by atoms with Crippen molar-refractivity contribution in [2.45, 2.75) is 6.92 Å². The topological polar surface area (TPSA) is 12.9 Å². The van der Waals surface area contributed by atoms with Crippen molar-refractivity contribution in [1.29, 1.82) is 0 Å². The van der Waals surface area contributed by atoms with Gasteiger partial charge in [-0.2, -0.15) is 0 Å². The van der Waals surface area contributed by atoms with Crippen LogP contribution in [-0.4, -0.2) is 4.98 Å². The van der Waals surface area contributed by atoms with Crippen LogP contribution in [0.2, 0.25) is 0 Å². The Morgan fingerprint density at radius 2 is 1.93 bits per heavy atom. The van der Waals surface area contributed by atoms with Crippen LogP contribution in [0, 0.1) is 0 Å². The van der Waals surface area contributed by atoms with Gasteiger partial charge in [0.2, 0.25) is 0 Å². The lowest BCUT2D eigenvalue weighted by molar-refractivity contribution is 1.31. The molecule has 2 aromatic rings. The second kappa shape index (κ2) is 2.80. The number of pyridine rings is 1. The van der Waals surface area contributed by atoms with Crippen molar-refractivity contribution >= 4 is 12.2 Å². The molecule has 0 N–H and O–H groups in total. The Hall–Kier alpha value is -1.89. The molecule has 0 bridgehead atoms. The smallest absolute Gasteiger partial charge is 0.0349 e. The average molecular weight is 193 g/mol. The van der Waals surface area contributed by atoms with Crippen LogP contribution in [0.4, 0.5) is 0 Å². The minimum Gasteiger partial charge on any atom is -0.264 e. The van der Waals surface area contributed by atoms with Gasteiger partial charge >= 0.3 is 0 Å². The first-order chi connectivity index (χ1) is 7.29. The number of hydrogen-bond donors (Lipinski definition) is 0. The van der Waals surface area contributed by atoms with Crippen LogP contribution in [0.15, 0.2) is 36.7 Å². The molecule has 1 heterocycles. The van der Waals surface area contributed by atoms with Crippen LogP contribution in [0.1, 0.15) is 12.5 Å². The van der Waals surface area contributed by atoms with Crippen LogP contribution >= 0.6 is 0 Å². The summed E-state index contributed by atoms with van der Waals surface area (Å²) in [7, 11) is 0. The molecule has 1 aromatic heterocycles. The van der Waals surface area contributed by atoms with Gasteiger partial charge in [0.05, 0.1) is 0 Å². The van der Waals surface area contributed by atoms with Crippen molar-refractivity contribution < 1.29 is 0 Å². The number of benzene rings is 1. The van der Waals surface area contributed by atoms with Gasteiger partial charge in [0.15, 0.2) is 0 Å². The lowest BCUT2D eigenvalue weighted by Gasteiger charge is -1.99. The zero-order chi connectivity index (χ0) is 10.4. The Bertz CT molecular complexity index is 653. The molecule has 1 aliphatic carbocycles. The van der Waals surface area contributed by atoms with Gasteiger partial charge in [0.25, 0.3) is 0 Å². The second-order valence-electron chi connectivity index (χ2n) is 3.89. The van der Waals surface area contributed by atoms with E-state index >= 15 is 0 Å². The zero-order valence-corrected chi connectivity index (χ0v) is 8.62. The van der Waals surface area contributed by atoms with E-state index < -0.39 is 0 Å². The monoisotopic (exact) mass is 193 g/mol. The van der Waals surface area contributed by atoms with E-state index in [-0.39, 0.29) is 0 Å². The van der Waals surface area contributed by atoms with Crippen LogP contribution in [0.25, 0.3) is 23.3 Å². The lowest BCUT2D eigenvalue weighted by atomic mass is 10.1. The predicted octanol–water partition coefficient (Wildman–Crippen LogP) is 1.69. The largest absolute Gasteiger partial charge is 0.264 e. The van der Waals surface area contributed by atoms with Gasteiger partial charge in [0.1, 0.15) is 0 Å². The quantitative estimate of drug-likeness (QED) is 0.620. The van der Waals surface area contributed by atoms with Gasteiger partial charge in [-0.15, -0.1) is 0 Å². The van der Waals surface area contributed by atoms with Crippen LogP contribution < -0.4 is 10.4 Å². The molecule has 0 atom stereocenters. The summed E-state index contributed by atoms with van der Waals surface area (Å²) < 4.78 is 0. The Labute approximate surface area is 88.4 Å². The fourth-order valence-electron chi connectivity index (χ4n) is 2.33. The maximum absolute atomic E-state index is 4.18. The summed E-state index contributed by atoms with van der Waals surface area (Å²) in [6.45, 7) is 6.22. The molecule has 1 aromatic carbocycles. The molecule has 15 heavy (non-hydrogen) atoms. The van der Waals surface area contributed by atoms with E-state index in [9.17, 15) is 0 Å². The van der Waals surface area contributed by atoms with Gasteiger partial charge in [0, 0.05) is 18.0 Å². The minimum atomic E-state index is 1.10. The number of rotatable bonds is 0. The fourth-order valence-corrected chi connectivity index (χ4v) is 2.33. The van der Waals surface area contributed by atoms with E-state index in [1.54, 1.807) is 0 Å². The van der Waals surface area contributed by atoms with E-state index in [2.05, 4.69) is 42.8 Å². The molecule has 0 fully saturated rings. The first-order valence-corrected chi connectivity index (χ1v) is 5.02. The minimum absolute atomic E-state index is 1.10. The Kier molecular flexibility index (Phi) is 1.57. The number of hydrogen-bond acceptors (Lipinski definition) is 1. The standard InChI is InChI=1S/C14H11N/c1-9-4-3-5-12-11-6-7-15-8-13(11)10(2)14(9)12/h3-8H,1H2,2H3. The van der Waals surface area contributed by atoms with Gasteiger partial charge in [-0.25, -0.2) is 0 Å². The maximum Gasteiger partial charge on any atom is 0.0349 e. The highest BCUT2D eigenvalue weighted by atomic mass is 14.6. The summed E-state index contributed by atoms with van der Waals surface area (Å²) >= 11 is 0. The number of nitrogens with zero attached hydrogens (tertiary/aromatic N) is 1. The molecule has 1 aliphatic rings. The molecule has 3 rings (SSSR count). The molecule has 0 saturated heterocycles. The van der Waals surface area contributed by atoms with Gasteiger partial charge in [-0.1, -0.05) is 24.8 Å². The molecule has 0 aliphatic heterocycles. The molecular weight excluding hydrogens is 182 g/mol. The van der Waals surface area contributed by atoms with E-state index in [0.717, 1.165) is 5.22 Å². The van der Waals surface area contributed by atoms with Crippen molar-refractivity contribution in [3.05, 3.63) is 52.7 Å². The second-order valence-corrected chi connectivity index (χ2v) is 3.89. The fraction of sp³-hybridized carbons (Fsp3) is 0.0714. The third-order valence-electron chi connectivity index (χ3n) is 3.04. The normalized spacial score (nSPS) is 12.5. The van der Waals surface area contributed by atoms with E-state index in [0.29, 0.717) is 0 Å². The van der Waals surface area contributed by atoms with Crippen molar-refractivity contribution in [3.8, 4) is 11.1 Å². The molecule has 1 nitrogen and oxygen atoms in total. The third kappa shape index (κ3) is 1.00. The summed E-state index contributed by atoms with van der Waals surface area (Å²) in [4.78, 5) is 4.18. The molecule has 0 unspecified atom stereocenters. The zero-order valence-electron chi connectivity index (χ0n) is 8.62. The van der Waals surface area contributed by atoms with Crippen molar-refractivity contribution in [1.82, 2.24) is 4.98 Å². The summed E-state index contributed by atoms with van der Waals surface area (Å²) in [5.74, 6) is 0. The highest BCUT2D eigenvalue weighted by Crippen LogP contribution is 2.29. The van der Waals surface area contributed by atoms with Crippen LogP contribution in [0.3, 0.4) is 0 Å². The Balaban J connectivity index is 2.58. The summed E-state index contributed by atoms with van der Waals surface area (Å²) in [6.07, 6.45) is 3.78. The first-order valence-electron chi connectivity index (χ1n) is 5.02. The van der Waals surface area contributed by atoms with E-state index in [4.69, 9.17) is 0 Å². The molecule has 0 amide bonds. The van der Waals surface area contributed by atoms with Crippen LogP contribution in [-0.2, 0) is 0 Å². The Morgan fingerprint density at radius 3 is 2.80 bits per heavy atom. The average Bonchev–Trinajstić information content (AvgIpc) is 2.55. The van der Waals surface area contributed by atoms with E-state index in [1.807, 2.05) is 12.4 Å². The summed E-state index contributed by atoms with van der Waals surface area (Å²) in [5, 5.41) is 2.38. The highest BCUT2D eigenvalue weighted by molar-refractivity contribution is 5.88. The third-order valence-corrected chi connectivity index (χ3v) is 3.04. The Morgan fingerprint density at radius 1 is 1.07 bits per heavy atom. The number of aromatic nitrogens is 1.